The highest BCUT2D eigenvalue weighted by Crippen LogP contribution is 2.22. The van der Waals surface area contributed by atoms with Gasteiger partial charge in [-0.3, -0.25) is 4.79 Å². The van der Waals surface area contributed by atoms with Crippen LogP contribution in [-0.2, 0) is 19.6 Å². The molecule has 0 atom stereocenters. The Hall–Kier alpha value is -3.23. The third-order valence-electron chi connectivity index (χ3n) is 4.62. The van der Waals surface area contributed by atoms with E-state index in [1.54, 1.807) is 37.3 Å². The van der Waals surface area contributed by atoms with Crippen LogP contribution in [0.5, 0.6) is 0 Å². The molecule has 3 aromatic carbocycles. The standard InChI is InChI=1S/C22H22N2O5S/c1-3-24(15-21(25)23-19-11-8-17(9-12-19)22(26)29-2)30(27,28)20-13-10-16-6-4-5-7-18(16)14-20/h4-14H,3,15H2,1-2H3,(H,23,25). The van der Waals surface area contributed by atoms with Gasteiger partial charge in [-0.15, -0.1) is 0 Å². The van der Waals surface area contributed by atoms with Gasteiger partial charge in [0.15, 0.2) is 0 Å². The molecular weight excluding hydrogens is 404 g/mol. The van der Waals surface area contributed by atoms with E-state index in [0.29, 0.717) is 11.3 Å². The predicted octanol–water partition coefficient (Wildman–Crippen LogP) is 3.28. The van der Waals surface area contributed by atoms with E-state index >= 15 is 0 Å². The monoisotopic (exact) mass is 426 g/mol. The van der Waals surface area contributed by atoms with Gasteiger partial charge >= 0.3 is 5.97 Å². The highest BCUT2D eigenvalue weighted by atomic mass is 32.2. The van der Waals surface area contributed by atoms with Crippen LogP contribution in [-0.4, -0.2) is 44.8 Å². The number of amides is 1. The van der Waals surface area contributed by atoms with Gasteiger partial charge < -0.3 is 10.1 Å². The van der Waals surface area contributed by atoms with Crippen LogP contribution >= 0.6 is 0 Å². The lowest BCUT2D eigenvalue weighted by atomic mass is 10.1. The van der Waals surface area contributed by atoms with Crippen LogP contribution < -0.4 is 5.32 Å². The van der Waals surface area contributed by atoms with Crippen molar-refractivity contribution in [2.75, 3.05) is 25.5 Å². The van der Waals surface area contributed by atoms with Gasteiger partial charge in [-0.2, -0.15) is 4.31 Å². The Kier molecular flexibility index (Phi) is 6.49. The number of carbonyl (C=O) groups excluding carboxylic acids is 2. The number of esters is 1. The van der Waals surface area contributed by atoms with Gasteiger partial charge in [0, 0.05) is 12.2 Å². The number of likely N-dealkylation sites (N-methyl/N-ethyl adjacent to an activating group) is 1. The molecule has 0 heterocycles. The summed E-state index contributed by atoms with van der Waals surface area (Å²) in [6.45, 7) is 1.49. The molecule has 0 fully saturated rings. The van der Waals surface area contributed by atoms with Crippen LogP contribution in [0.25, 0.3) is 10.8 Å². The van der Waals surface area contributed by atoms with Crippen LogP contribution in [0.1, 0.15) is 17.3 Å². The largest absolute Gasteiger partial charge is 0.465 e. The molecule has 3 aromatic rings. The fourth-order valence-electron chi connectivity index (χ4n) is 3.01. The number of rotatable bonds is 7. The summed E-state index contributed by atoms with van der Waals surface area (Å²) in [5.74, 6) is -0.960. The predicted molar refractivity (Wildman–Crippen MR) is 115 cm³/mol. The van der Waals surface area contributed by atoms with Crippen LogP contribution in [0.4, 0.5) is 5.69 Å². The number of sulfonamides is 1. The van der Waals surface area contributed by atoms with Gasteiger partial charge in [0.05, 0.1) is 24.1 Å². The number of fused-ring (bicyclic) bond motifs is 1. The molecule has 0 aliphatic carbocycles. The quantitative estimate of drug-likeness (QED) is 0.586. The van der Waals surface area contributed by atoms with Gasteiger partial charge in [-0.25, -0.2) is 13.2 Å². The van der Waals surface area contributed by atoms with Gasteiger partial charge in [0.2, 0.25) is 15.9 Å². The number of nitrogens with zero attached hydrogens (tertiary/aromatic N) is 1. The Morgan fingerprint density at radius 2 is 1.63 bits per heavy atom. The number of hydrogen-bond acceptors (Lipinski definition) is 5. The Labute approximate surface area is 175 Å². The number of anilines is 1. The first-order chi connectivity index (χ1) is 14.3. The molecule has 0 radical (unpaired) electrons. The Morgan fingerprint density at radius 3 is 2.27 bits per heavy atom. The minimum atomic E-state index is -3.84. The van der Waals surface area contributed by atoms with Gasteiger partial charge in [-0.05, 0) is 47.2 Å². The maximum absolute atomic E-state index is 13.0. The first-order valence-electron chi connectivity index (χ1n) is 9.32. The van der Waals surface area contributed by atoms with Crippen molar-refractivity contribution in [1.29, 1.82) is 0 Å². The minimum Gasteiger partial charge on any atom is -0.465 e. The van der Waals surface area contributed by atoms with E-state index in [0.717, 1.165) is 15.1 Å². The molecule has 0 saturated heterocycles. The van der Waals surface area contributed by atoms with Crippen LogP contribution in [0.15, 0.2) is 71.6 Å². The molecule has 1 amide bonds. The third kappa shape index (κ3) is 4.67. The highest BCUT2D eigenvalue weighted by Gasteiger charge is 2.25. The lowest BCUT2D eigenvalue weighted by Crippen LogP contribution is -2.37. The molecule has 1 N–H and O–H groups in total. The van der Waals surface area contributed by atoms with E-state index in [4.69, 9.17) is 0 Å². The van der Waals surface area contributed by atoms with Gasteiger partial charge in [-0.1, -0.05) is 37.3 Å². The number of benzene rings is 3. The van der Waals surface area contributed by atoms with Crippen molar-refractivity contribution in [3.8, 4) is 0 Å². The second kappa shape index (κ2) is 9.06. The van der Waals surface area contributed by atoms with Crippen molar-refractivity contribution < 1.29 is 22.7 Å². The van der Waals surface area contributed by atoms with Crippen LogP contribution in [0.2, 0.25) is 0 Å². The summed E-state index contributed by atoms with van der Waals surface area (Å²) in [5.41, 5.74) is 0.802. The van der Waals surface area contributed by atoms with Crippen molar-refractivity contribution in [2.45, 2.75) is 11.8 Å². The van der Waals surface area contributed by atoms with Crippen molar-refractivity contribution in [3.63, 3.8) is 0 Å². The summed E-state index contributed by atoms with van der Waals surface area (Å²) >= 11 is 0. The van der Waals surface area contributed by atoms with Crippen LogP contribution in [0.3, 0.4) is 0 Å². The summed E-state index contributed by atoms with van der Waals surface area (Å²) in [6.07, 6.45) is 0. The molecule has 8 heteroatoms. The van der Waals surface area contributed by atoms with Crippen LogP contribution in [0, 0.1) is 0 Å². The summed E-state index contributed by atoms with van der Waals surface area (Å²) in [6, 6.07) is 18.5. The van der Waals surface area contributed by atoms with Crippen molar-refractivity contribution in [1.82, 2.24) is 4.31 Å². The molecule has 0 aliphatic heterocycles. The molecule has 156 valence electrons. The molecule has 3 rings (SSSR count). The fraction of sp³-hybridized carbons (Fsp3) is 0.182. The molecule has 0 saturated carbocycles. The second-order valence-corrected chi connectivity index (χ2v) is 8.50. The third-order valence-corrected chi connectivity index (χ3v) is 6.54. The maximum atomic E-state index is 13.0. The highest BCUT2D eigenvalue weighted by molar-refractivity contribution is 7.89. The molecular formula is C22H22N2O5S. The summed E-state index contributed by atoms with van der Waals surface area (Å²) < 4.78 is 31.8. The number of hydrogen-bond donors (Lipinski definition) is 1. The molecule has 30 heavy (non-hydrogen) atoms. The minimum absolute atomic E-state index is 0.137. The summed E-state index contributed by atoms with van der Waals surface area (Å²) in [5, 5.41) is 4.39. The van der Waals surface area contributed by atoms with E-state index in [-0.39, 0.29) is 18.0 Å². The molecule has 7 nitrogen and oxygen atoms in total. The molecule has 0 aromatic heterocycles. The number of carbonyl (C=O) groups is 2. The maximum Gasteiger partial charge on any atom is 0.337 e. The summed E-state index contributed by atoms with van der Waals surface area (Å²) in [7, 11) is -2.55. The first kappa shape index (κ1) is 21.5. The average Bonchev–Trinajstić information content (AvgIpc) is 2.76. The lowest BCUT2D eigenvalue weighted by molar-refractivity contribution is -0.116. The van der Waals surface area contributed by atoms with Crippen molar-refractivity contribution in [3.05, 3.63) is 72.3 Å². The normalized spacial score (nSPS) is 11.4. The van der Waals surface area contributed by atoms with Crippen molar-refractivity contribution in [2.24, 2.45) is 0 Å². The first-order valence-corrected chi connectivity index (χ1v) is 10.8. The molecule has 0 unspecified atom stereocenters. The molecule has 0 spiro atoms. The van der Waals surface area contributed by atoms with Gasteiger partial charge in [0.25, 0.3) is 0 Å². The topological polar surface area (TPSA) is 92.8 Å². The Bertz CT molecular complexity index is 1170. The molecule has 0 bridgehead atoms. The van der Waals surface area contributed by atoms with E-state index < -0.39 is 21.9 Å². The van der Waals surface area contributed by atoms with E-state index in [2.05, 4.69) is 10.1 Å². The van der Waals surface area contributed by atoms with Crippen molar-refractivity contribution >= 4 is 38.4 Å². The summed E-state index contributed by atoms with van der Waals surface area (Å²) in [4.78, 5) is 24.1. The van der Waals surface area contributed by atoms with E-state index in [1.807, 2.05) is 24.3 Å². The molecule has 0 aliphatic rings. The zero-order valence-electron chi connectivity index (χ0n) is 16.7. The smallest absolute Gasteiger partial charge is 0.337 e. The second-order valence-electron chi connectivity index (χ2n) is 6.56. The number of nitrogens with one attached hydrogen (secondary N) is 1. The number of ether oxygens (including phenoxy) is 1. The average molecular weight is 426 g/mol. The van der Waals surface area contributed by atoms with E-state index in [9.17, 15) is 18.0 Å². The van der Waals surface area contributed by atoms with Gasteiger partial charge in [0.1, 0.15) is 0 Å². The van der Waals surface area contributed by atoms with E-state index in [1.165, 1.54) is 19.2 Å². The zero-order valence-corrected chi connectivity index (χ0v) is 17.5. The Balaban J connectivity index is 1.74. The lowest BCUT2D eigenvalue weighted by Gasteiger charge is -2.20. The Morgan fingerprint density at radius 1 is 0.967 bits per heavy atom. The fourth-order valence-corrected chi connectivity index (χ4v) is 4.45. The number of methoxy groups -OCH3 is 1. The SMILES string of the molecule is CCN(CC(=O)Nc1ccc(C(=O)OC)cc1)S(=O)(=O)c1ccc2ccccc2c1. The zero-order chi connectivity index (χ0) is 21.7.